The number of aromatic nitrogens is 1. The van der Waals surface area contributed by atoms with Crippen molar-refractivity contribution in [2.45, 2.75) is 0 Å². The molecule has 12 rings (SSSR count). The van der Waals surface area contributed by atoms with Crippen LogP contribution >= 0.6 is 0 Å². The summed E-state index contributed by atoms with van der Waals surface area (Å²) in [5.74, 6) is 0. The topological polar surface area (TPSA) is 4.41 Å². The zero-order valence-corrected chi connectivity index (χ0v) is 26.5. The minimum absolute atomic E-state index is 1.23. The molecule has 0 N–H and O–H groups in total. The number of hydrogen-bond acceptors (Lipinski definition) is 0. The minimum Gasteiger partial charge on any atom is -0.307 e. The van der Waals surface area contributed by atoms with Gasteiger partial charge in [-0.1, -0.05) is 146 Å². The lowest BCUT2D eigenvalue weighted by molar-refractivity contribution is 1.37. The highest BCUT2D eigenvalue weighted by Gasteiger charge is 2.24. The fraction of sp³-hybridized carbons (Fsp3) is 0. The van der Waals surface area contributed by atoms with Crippen LogP contribution in [0.2, 0.25) is 0 Å². The Labute approximate surface area is 281 Å². The van der Waals surface area contributed by atoms with Crippen LogP contribution < -0.4 is 0 Å². The Bertz CT molecular complexity index is 3290. The standard InChI is InChI=1S/C48H27N/c1-2-14-34-32(12-1)33-13-3-6-17-37(33)43-27-29(22-23-38(34)43)28-10-7-11-30(26-28)31-18-8-20-41-42-25-24-40-36-16-5-4-15-35(36)39-19-9-21-44-45(39)46(40)48(42)49(44)47(31)41/h1-27H. The molecule has 224 valence electrons. The number of para-hydroxylation sites is 1. The monoisotopic (exact) mass is 617 g/mol. The van der Waals surface area contributed by atoms with Crippen molar-refractivity contribution in [3.63, 3.8) is 0 Å². The van der Waals surface area contributed by atoms with Gasteiger partial charge in [0.05, 0.1) is 16.6 Å². The van der Waals surface area contributed by atoms with Crippen LogP contribution in [0.15, 0.2) is 164 Å². The van der Waals surface area contributed by atoms with Crippen molar-refractivity contribution in [1.29, 1.82) is 0 Å². The highest BCUT2D eigenvalue weighted by Crippen LogP contribution is 2.48. The molecule has 12 aromatic rings. The van der Waals surface area contributed by atoms with Gasteiger partial charge in [0.15, 0.2) is 0 Å². The summed E-state index contributed by atoms with van der Waals surface area (Å²) in [4.78, 5) is 0. The third-order valence-electron chi connectivity index (χ3n) is 11.2. The van der Waals surface area contributed by atoms with Crippen molar-refractivity contribution in [2.75, 3.05) is 0 Å². The SMILES string of the molecule is c1cc(-c2ccc3c4ccccc4c4ccccc4c3c2)cc(-c2cccc3c4ccc5c6ccccc6c6cccc7c6c5c4n7c23)c1. The van der Waals surface area contributed by atoms with Crippen molar-refractivity contribution in [2.24, 2.45) is 0 Å². The molecule has 0 aliphatic rings. The molecule has 49 heavy (non-hydrogen) atoms. The first kappa shape index (κ1) is 25.6. The van der Waals surface area contributed by atoms with Crippen molar-refractivity contribution in [3.8, 4) is 22.3 Å². The molecule has 0 fully saturated rings. The molecule has 2 aromatic heterocycles. The van der Waals surface area contributed by atoms with Gasteiger partial charge in [0.1, 0.15) is 0 Å². The van der Waals surface area contributed by atoms with Gasteiger partial charge in [-0.25, -0.2) is 0 Å². The van der Waals surface area contributed by atoms with E-state index in [9.17, 15) is 0 Å². The Hall–Kier alpha value is -6.44. The molecule has 0 spiro atoms. The number of fused-ring (bicyclic) bond motifs is 13. The van der Waals surface area contributed by atoms with Gasteiger partial charge >= 0.3 is 0 Å². The number of benzene rings is 10. The summed E-state index contributed by atoms with van der Waals surface area (Å²) in [7, 11) is 0. The maximum Gasteiger partial charge on any atom is 0.0627 e. The van der Waals surface area contributed by atoms with Gasteiger partial charge in [0.2, 0.25) is 0 Å². The Morgan fingerprint density at radius 2 is 0.735 bits per heavy atom. The largest absolute Gasteiger partial charge is 0.307 e. The molecule has 0 aliphatic carbocycles. The zero-order chi connectivity index (χ0) is 31.8. The predicted molar refractivity (Wildman–Crippen MR) is 211 cm³/mol. The summed E-state index contributed by atoms with van der Waals surface area (Å²) >= 11 is 0. The molecule has 0 bridgehead atoms. The van der Waals surface area contributed by atoms with Gasteiger partial charge in [0, 0.05) is 27.1 Å². The van der Waals surface area contributed by atoms with Gasteiger partial charge in [-0.2, -0.15) is 0 Å². The second kappa shape index (κ2) is 9.13. The van der Waals surface area contributed by atoms with E-state index in [2.05, 4.69) is 168 Å². The molecule has 1 nitrogen and oxygen atoms in total. The van der Waals surface area contributed by atoms with E-state index in [4.69, 9.17) is 0 Å². The average molecular weight is 618 g/mol. The van der Waals surface area contributed by atoms with Gasteiger partial charge in [-0.15, -0.1) is 0 Å². The van der Waals surface area contributed by atoms with Gasteiger partial charge in [-0.3, -0.25) is 0 Å². The molecule has 2 heterocycles. The van der Waals surface area contributed by atoms with E-state index in [0.717, 1.165) is 0 Å². The smallest absolute Gasteiger partial charge is 0.0627 e. The zero-order valence-electron chi connectivity index (χ0n) is 26.5. The lowest BCUT2D eigenvalue weighted by Crippen LogP contribution is -1.88. The van der Waals surface area contributed by atoms with Gasteiger partial charge in [0.25, 0.3) is 0 Å². The lowest BCUT2D eigenvalue weighted by atomic mass is 9.91. The van der Waals surface area contributed by atoms with Crippen LogP contribution in [0.1, 0.15) is 0 Å². The van der Waals surface area contributed by atoms with E-state index in [1.54, 1.807) is 0 Å². The molecule has 0 amide bonds. The molecule has 0 saturated heterocycles. The minimum atomic E-state index is 1.23. The second-order valence-electron chi connectivity index (χ2n) is 13.6. The van der Waals surface area contributed by atoms with Gasteiger partial charge in [-0.05, 0) is 88.8 Å². The fourth-order valence-corrected chi connectivity index (χ4v) is 9.23. The molecular weight excluding hydrogens is 591 g/mol. The van der Waals surface area contributed by atoms with Crippen molar-refractivity contribution in [3.05, 3.63) is 164 Å². The van der Waals surface area contributed by atoms with Crippen LogP contribution in [0.3, 0.4) is 0 Å². The Kier molecular flexibility index (Phi) is 4.77. The van der Waals surface area contributed by atoms with Crippen molar-refractivity contribution < 1.29 is 0 Å². The third-order valence-corrected chi connectivity index (χ3v) is 11.2. The van der Waals surface area contributed by atoms with Gasteiger partial charge < -0.3 is 4.40 Å². The normalized spacial score (nSPS) is 12.5. The van der Waals surface area contributed by atoms with Crippen LogP contribution in [0, 0.1) is 0 Å². The first-order chi connectivity index (χ1) is 24.3. The number of rotatable bonds is 2. The van der Waals surface area contributed by atoms with Crippen LogP contribution in [0.4, 0.5) is 0 Å². The fourth-order valence-electron chi connectivity index (χ4n) is 9.23. The summed E-state index contributed by atoms with van der Waals surface area (Å²) in [6.07, 6.45) is 0. The molecule has 0 aliphatic heterocycles. The predicted octanol–water partition coefficient (Wildman–Crippen LogP) is 13.4. The van der Waals surface area contributed by atoms with Crippen LogP contribution in [0.25, 0.3) is 114 Å². The molecule has 0 radical (unpaired) electrons. The summed E-state index contributed by atoms with van der Waals surface area (Å²) < 4.78 is 2.56. The quantitative estimate of drug-likeness (QED) is 0.170. The van der Waals surface area contributed by atoms with E-state index >= 15 is 0 Å². The summed E-state index contributed by atoms with van der Waals surface area (Å²) in [5.41, 5.74) is 8.85. The van der Waals surface area contributed by atoms with Crippen LogP contribution in [-0.2, 0) is 0 Å². The molecule has 0 unspecified atom stereocenters. The number of hydrogen-bond donors (Lipinski definition) is 0. The molecular formula is C48H27N. The molecule has 0 atom stereocenters. The Balaban J connectivity index is 1.13. The van der Waals surface area contributed by atoms with E-state index in [1.807, 2.05) is 0 Å². The van der Waals surface area contributed by atoms with E-state index in [1.165, 1.54) is 114 Å². The Morgan fingerprint density at radius 3 is 1.47 bits per heavy atom. The summed E-state index contributed by atoms with van der Waals surface area (Å²) in [6, 6.07) is 61.1. The average Bonchev–Trinajstić information content (AvgIpc) is 3.71. The molecule has 10 aromatic carbocycles. The highest BCUT2D eigenvalue weighted by atomic mass is 14.9. The van der Waals surface area contributed by atoms with Crippen molar-refractivity contribution in [1.82, 2.24) is 4.40 Å². The molecule has 0 saturated carbocycles. The number of nitrogens with zero attached hydrogens (tertiary/aromatic N) is 1. The summed E-state index contributed by atoms with van der Waals surface area (Å²) in [6.45, 7) is 0. The van der Waals surface area contributed by atoms with Crippen molar-refractivity contribution >= 4 is 92.0 Å². The first-order valence-corrected chi connectivity index (χ1v) is 17.1. The molecule has 1 heteroatoms. The second-order valence-corrected chi connectivity index (χ2v) is 13.6. The van der Waals surface area contributed by atoms with Crippen LogP contribution in [-0.4, -0.2) is 4.40 Å². The third kappa shape index (κ3) is 3.20. The maximum atomic E-state index is 2.56. The lowest BCUT2D eigenvalue weighted by Gasteiger charge is -2.13. The van der Waals surface area contributed by atoms with E-state index < -0.39 is 0 Å². The van der Waals surface area contributed by atoms with E-state index in [0.29, 0.717) is 0 Å². The van der Waals surface area contributed by atoms with Crippen LogP contribution in [0.5, 0.6) is 0 Å². The van der Waals surface area contributed by atoms with E-state index in [-0.39, 0.29) is 0 Å². The first-order valence-electron chi connectivity index (χ1n) is 17.1. The Morgan fingerprint density at radius 1 is 0.265 bits per heavy atom. The maximum absolute atomic E-state index is 2.56. The highest BCUT2D eigenvalue weighted by molar-refractivity contribution is 6.39. The summed E-state index contributed by atoms with van der Waals surface area (Å²) in [5, 5.41) is 18.5.